The molecule has 1 saturated carbocycles. The van der Waals surface area contributed by atoms with Gasteiger partial charge in [0.1, 0.15) is 0 Å². The van der Waals surface area contributed by atoms with Gasteiger partial charge in [-0.3, -0.25) is 9.78 Å². The van der Waals surface area contributed by atoms with Crippen LogP contribution >= 0.6 is 0 Å². The Morgan fingerprint density at radius 1 is 1.29 bits per heavy atom. The van der Waals surface area contributed by atoms with Crippen molar-refractivity contribution in [2.45, 2.75) is 63.1 Å². The first-order valence-electron chi connectivity index (χ1n) is 10.5. The maximum absolute atomic E-state index is 12.7. The van der Waals surface area contributed by atoms with Crippen LogP contribution in [0.4, 0.5) is 4.79 Å². The average molecular weight is 386 g/mol. The van der Waals surface area contributed by atoms with Crippen molar-refractivity contribution in [2.24, 2.45) is 0 Å². The van der Waals surface area contributed by atoms with Crippen molar-refractivity contribution >= 4 is 11.9 Å². The Morgan fingerprint density at radius 3 is 2.71 bits per heavy atom. The lowest BCUT2D eigenvalue weighted by Crippen LogP contribution is -2.57. The van der Waals surface area contributed by atoms with E-state index in [2.05, 4.69) is 15.2 Å². The minimum atomic E-state index is -0.214. The van der Waals surface area contributed by atoms with Gasteiger partial charge < -0.3 is 19.9 Å². The van der Waals surface area contributed by atoms with Gasteiger partial charge in [0.05, 0.1) is 11.2 Å². The van der Waals surface area contributed by atoms with Crippen LogP contribution in [0.3, 0.4) is 0 Å². The van der Waals surface area contributed by atoms with Crippen molar-refractivity contribution < 1.29 is 14.3 Å². The molecule has 28 heavy (non-hydrogen) atoms. The molecule has 1 spiro atoms. The summed E-state index contributed by atoms with van der Waals surface area (Å²) in [4.78, 5) is 33.3. The maximum Gasteiger partial charge on any atom is 0.317 e. The van der Waals surface area contributed by atoms with Gasteiger partial charge in [-0.15, -0.1) is 0 Å². The Morgan fingerprint density at radius 2 is 2.07 bits per heavy atom. The van der Waals surface area contributed by atoms with Gasteiger partial charge in [0.25, 0.3) is 5.91 Å². The summed E-state index contributed by atoms with van der Waals surface area (Å²) < 4.78 is 6.25. The van der Waals surface area contributed by atoms with E-state index < -0.39 is 0 Å². The molecule has 1 aromatic heterocycles. The molecular weight excluding hydrogens is 356 g/mol. The lowest BCUT2D eigenvalue weighted by molar-refractivity contribution is -0.126. The van der Waals surface area contributed by atoms with Gasteiger partial charge in [-0.25, -0.2) is 4.79 Å². The fourth-order valence-electron chi connectivity index (χ4n) is 4.60. The second-order valence-electron chi connectivity index (χ2n) is 8.19. The number of hydrogen-bond donors (Lipinski definition) is 1. The normalized spacial score (nSPS) is 24.0. The number of pyridine rings is 1. The van der Waals surface area contributed by atoms with Gasteiger partial charge in [0, 0.05) is 50.7 Å². The fraction of sp³-hybridized carbons (Fsp3) is 0.667. The highest BCUT2D eigenvalue weighted by Crippen LogP contribution is 2.40. The van der Waals surface area contributed by atoms with E-state index in [9.17, 15) is 9.59 Å². The molecule has 3 fully saturated rings. The molecule has 3 heterocycles. The Kier molecular flexibility index (Phi) is 5.53. The topological polar surface area (TPSA) is 74.8 Å². The van der Waals surface area contributed by atoms with E-state index in [0.29, 0.717) is 37.8 Å². The molecule has 0 radical (unpaired) electrons. The summed E-state index contributed by atoms with van der Waals surface area (Å²) >= 11 is 0. The first-order chi connectivity index (χ1) is 13.6. The molecule has 152 valence electrons. The van der Waals surface area contributed by atoms with Gasteiger partial charge in [-0.1, -0.05) is 0 Å². The number of carbonyl (C=O) groups is 2. The summed E-state index contributed by atoms with van der Waals surface area (Å²) in [6.07, 6.45) is 8.93. The van der Waals surface area contributed by atoms with Crippen LogP contribution in [0.1, 0.15) is 55.8 Å². The van der Waals surface area contributed by atoms with E-state index >= 15 is 0 Å². The highest BCUT2D eigenvalue weighted by atomic mass is 16.5. The maximum atomic E-state index is 12.7. The van der Waals surface area contributed by atoms with Crippen LogP contribution in [-0.4, -0.2) is 70.6 Å². The summed E-state index contributed by atoms with van der Waals surface area (Å²) in [5, 5.41) is 2.98. The van der Waals surface area contributed by atoms with Crippen molar-refractivity contribution in [3.8, 4) is 0 Å². The zero-order valence-electron chi connectivity index (χ0n) is 16.6. The van der Waals surface area contributed by atoms with Crippen molar-refractivity contribution in [1.29, 1.82) is 0 Å². The van der Waals surface area contributed by atoms with Gasteiger partial charge >= 0.3 is 6.03 Å². The summed E-state index contributed by atoms with van der Waals surface area (Å²) in [5.41, 5.74) is 0.422. The first-order valence-corrected chi connectivity index (χ1v) is 10.5. The standard InChI is InChI=1S/C21H30N4O3/c1-2-23-20(27)25(17-5-6-17)18-7-13-28-21(14-18)8-11-24(12-9-21)19(26)16-4-3-10-22-15-16/h3-4,10,15,17-18H,2,5-9,11-14H2,1H3,(H,23,27). The Balaban J connectivity index is 1.39. The summed E-state index contributed by atoms with van der Waals surface area (Å²) in [6, 6.07) is 4.29. The van der Waals surface area contributed by atoms with Crippen LogP contribution in [0.2, 0.25) is 0 Å². The molecule has 3 aliphatic rings. The molecule has 4 rings (SSSR count). The molecule has 7 nitrogen and oxygen atoms in total. The summed E-state index contributed by atoms with van der Waals surface area (Å²) in [6.45, 7) is 4.67. The second-order valence-corrected chi connectivity index (χ2v) is 8.19. The minimum Gasteiger partial charge on any atom is -0.375 e. The molecule has 1 aliphatic carbocycles. The van der Waals surface area contributed by atoms with Gasteiger partial charge in [0.2, 0.25) is 0 Å². The molecule has 0 aromatic carbocycles. The number of carbonyl (C=O) groups excluding carboxylic acids is 2. The Bertz CT molecular complexity index is 699. The summed E-state index contributed by atoms with van der Waals surface area (Å²) in [7, 11) is 0. The average Bonchev–Trinajstić information content (AvgIpc) is 3.54. The molecule has 0 bridgehead atoms. The van der Waals surface area contributed by atoms with E-state index in [1.165, 1.54) is 0 Å². The van der Waals surface area contributed by atoms with Crippen molar-refractivity contribution in [2.75, 3.05) is 26.2 Å². The molecule has 3 amide bonds. The number of hydrogen-bond acceptors (Lipinski definition) is 4. The molecule has 2 aliphatic heterocycles. The molecule has 1 aromatic rings. The van der Waals surface area contributed by atoms with Crippen LogP contribution in [0.5, 0.6) is 0 Å². The number of amides is 3. The van der Waals surface area contributed by atoms with Crippen molar-refractivity contribution in [1.82, 2.24) is 20.1 Å². The molecule has 1 unspecified atom stereocenters. The number of urea groups is 1. The van der Waals surface area contributed by atoms with E-state index in [-0.39, 0.29) is 23.6 Å². The SMILES string of the molecule is CCNC(=O)N(C1CC1)C1CCOC2(CCN(C(=O)c3cccnc3)CC2)C1. The zero-order chi connectivity index (χ0) is 19.6. The van der Waals surface area contributed by atoms with Gasteiger partial charge in [-0.2, -0.15) is 0 Å². The van der Waals surface area contributed by atoms with E-state index in [4.69, 9.17) is 4.74 Å². The third-order valence-corrected chi connectivity index (χ3v) is 6.23. The zero-order valence-corrected chi connectivity index (χ0v) is 16.6. The highest BCUT2D eigenvalue weighted by Gasteiger charge is 2.46. The number of piperidine rings is 1. The number of rotatable bonds is 4. The summed E-state index contributed by atoms with van der Waals surface area (Å²) in [5.74, 6) is 0.0391. The highest BCUT2D eigenvalue weighted by molar-refractivity contribution is 5.93. The molecule has 1 N–H and O–H groups in total. The number of ether oxygens (including phenoxy) is 1. The first kappa shape index (κ1) is 19.2. The van der Waals surface area contributed by atoms with Gasteiger partial charge in [-0.05, 0) is 57.6 Å². The monoisotopic (exact) mass is 386 g/mol. The van der Waals surface area contributed by atoms with E-state index in [1.54, 1.807) is 18.5 Å². The minimum absolute atomic E-state index is 0.0391. The van der Waals surface area contributed by atoms with Crippen LogP contribution in [0.15, 0.2) is 24.5 Å². The van der Waals surface area contributed by atoms with Crippen molar-refractivity contribution in [3.63, 3.8) is 0 Å². The largest absolute Gasteiger partial charge is 0.375 e. The third-order valence-electron chi connectivity index (χ3n) is 6.23. The Hall–Kier alpha value is -2.15. The quantitative estimate of drug-likeness (QED) is 0.862. The molecular formula is C21H30N4O3. The predicted octanol–water partition coefficient (Wildman–Crippen LogP) is 2.43. The Labute approximate surface area is 166 Å². The third kappa shape index (κ3) is 3.99. The number of aromatic nitrogens is 1. The molecule has 1 atom stereocenters. The number of nitrogens with zero attached hydrogens (tertiary/aromatic N) is 3. The van der Waals surface area contributed by atoms with E-state index in [0.717, 1.165) is 38.5 Å². The van der Waals surface area contributed by atoms with Crippen LogP contribution in [0, 0.1) is 0 Å². The van der Waals surface area contributed by atoms with Crippen LogP contribution in [0.25, 0.3) is 0 Å². The van der Waals surface area contributed by atoms with Gasteiger partial charge in [0.15, 0.2) is 0 Å². The predicted molar refractivity (Wildman–Crippen MR) is 105 cm³/mol. The van der Waals surface area contributed by atoms with E-state index in [1.807, 2.05) is 17.9 Å². The van der Waals surface area contributed by atoms with Crippen LogP contribution < -0.4 is 5.32 Å². The second kappa shape index (κ2) is 8.07. The fourth-order valence-corrected chi connectivity index (χ4v) is 4.60. The molecule has 2 saturated heterocycles. The number of likely N-dealkylation sites (tertiary alicyclic amines) is 1. The van der Waals surface area contributed by atoms with Crippen LogP contribution in [-0.2, 0) is 4.74 Å². The lowest BCUT2D eigenvalue weighted by Gasteiger charge is -2.48. The number of nitrogens with one attached hydrogen (secondary N) is 1. The molecule has 7 heteroatoms. The smallest absolute Gasteiger partial charge is 0.317 e. The lowest BCUT2D eigenvalue weighted by atomic mass is 9.81. The van der Waals surface area contributed by atoms with Crippen molar-refractivity contribution in [3.05, 3.63) is 30.1 Å².